The van der Waals surface area contributed by atoms with Crippen LogP contribution in [0.1, 0.15) is 2.85 Å². The fourth-order valence-corrected chi connectivity index (χ4v) is 0. The Labute approximate surface area is 92.5 Å². The van der Waals surface area contributed by atoms with Crippen molar-refractivity contribution in [2.24, 2.45) is 0 Å². The van der Waals surface area contributed by atoms with E-state index < -0.39 is 0 Å². The van der Waals surface area contributed by atoms with E-state index in [4.69, 9.17) is 0 Å². The van der Waals surface area contributed by atoms with Crippen molar-refractivity contribution >= 4 is 0 Å². The zero-order valence-corrected chi connectivity index (χ0v) is 9.42. The molecule has 26 valence electrons. The smallest absolute Gasteiger partial charge is 1.00 e. The van der Waals surface area contributed by atoms with Gasteiger partial charge in [0.1, 0.15) is 0 Å². The Balaban J connectivity index is 0. The van der Waals surface area contributed by atoms with Crippen LogP contribution in [0.4, 0.5) is 0 Å². The largest absolute Gasteiger partial charge is 1.00 e. The van der Waals surface area contributed by atoms with Gasteiger partial charge in [-0.2, -0.15) is 0 Å². The van der Waals surface area contributed by atoms with Crippen molar-refractivity contribution in [1.82, 2.24) is 0 Å². The minimum absolute atomic E-state index is 0. The van der Waals surface area contributed by atoms with Crippen molar-refractivity contribution < 1.29 is 94.0 Å². The van der Waals surface area contributed by atoms with Gasteiger partial charge in [-0.1, -0.05) is 0 Å². The summed E-state index contributed by atoms with van der Waals surface area (Å²) in [4.78, 5) is 0. The molecule has 0 aromatic carbocycles. The van der Waals surface area contributed by atoms with Crippen LogP contribution in [0, 0.1) is 0 Å². The van der Waals surface area contributed by atoms with Gasteiger partial charge in [-0.3, -0.25) is 0 Å². The van der Waals surface area contributed by atoms with Crippen LogP contribution in [0.15, 0.2) is 0 Å². The van der Waals surface area contributed by atoms with Crippen LogP contribution in [-0.2, 0) is 21.1 Å². The van der Waals surface area contributed by atoms with Gasteiger partial charge in [0.25, 0.3) is 0 Å². The van der Waals surface area contributed by atoms with E-state index in [-0.39, 0.29) is 94.0 Å². The summed E-state index contributed by atoms with van der Waals surface area (Å²) in [6.45, 7) is 0. The second-order valence-corrected chi connectivity index (χ2v) is 0. The molecule has 2 nitrogen and oxygen atoms in total. The summed E-state index contributed by atoms with van der Waals surface area (Å²) in [6, 6.07) is 0. The van der Waals surface area contributed by atoms with Crippen LogP contribution < -0.4 is 59.1 Å². The number of rotatable bonds is 0. The van der Waals surface area contributed by atoms with Crippen LogP contribution >= 0.6 is 0 Å². The average molecular weight is 180 g/mol. The van der Waals surface area contributed by atoms with Crippen LogP contribution in [0.2, 0.25) is 0 Å². The van der Waals surface area contributed by atoms with Crippen molar-refractivity contribution in [1.29, 1.82) is 0 Å². The Hall–Kier alpha value is 2.61. The summed E-state index contributed by atoms with van der Waals surface area (Å²) < 4.78 is 0. The van der Waals surface area contributed by atoms with Gasteiger partial charge >= 0.3 is 59.1 Å². The van der Waals surface area contributed by atoms with Gasteiger partial charge in [0.15, 0.2) is 0 Å². The first-order valence-electron chi connectivity index (χ1n) is 0. The zero-order valence-electron chi connectivity index (χ0n) is 5.41. The third-order valence-corrected chi connectivity index (χ3v) is 0. The fourth-order valence-electron chi connectivity index (χ4n) is 0. The Morgan fingerprint density at radius 1 is 0.800 bits per heavy atom. The van der Waals surface area contributed by atoms with Gasteiger partial charge in [-0.25, -0.2) is 0 Å². The molecule has 0 saturated carbocycles. The van der Waals surface area contributed by atoms with E-state index in [0.717, 1.165) is 0 Å². The molecule has 0 aliphatic heterocycles. The topological polar surface area (TPSA) is 63.0 Å². The normalized spacial score (nSPS) is 0. The van der Waals surface area contributed by atoms with Crippen molar-refractivity contribution in [3.63, 3.8) is 0 Å². The SMILES string of the molecule is O.O.[H-].[H-].[Mo].[Na+].[Na+]. The van der Waals surface area contributed by atoms with Crippen molar-refractivity contribution in [3.05, 3.63) is 0 Å². The molecule has 0 spiro atoms. The molecule has 0 unspecified atom stereocenters. The first kappa shape index (κ1) is 48.8. The summed E-state index contributed by atoms with van der Waals surface area (Å²) in [5.41, 5.74) is 0. The molecule has 0 aromatic heterocycles. The summed E-state index contributed by atoms with van der Waals surface area (Å²) in [5.74, 6) is 0. The van der Waals surface area contributed by atoms with Gasteiger partial charge in [-0.05, 0) is 0 Å². The van der Waals surface area contributed by atoms with E-state index in [1.54, 1.807) is 0 Å². The molecule has 0 amide bonds. The molecule has 0 aliphatic carbocycles. The van der Waals surface area contributed by atoms with Crippen LogP contribution in [-0.4, -0.2) is 11.0 Å². The van der Waals surface area contributed by atoms with E-state index in [9.17, 15) is 0 Å². The molecule has 0 radical (unpaired) electrons. The Bertz CT molecular complexity index is 13.7. The fraction of sp³-hybridized carbons (Fsp3) is 0. The monoisotopic (exact) mass is 182 g/mol. The third kappa shape index (κ3) is 20.6. The van der Waals surface area contributed by atoms with Crippen LogP contribution in [0.25, 0.3) is 0 Å². The van der Waals surface area contributed by atoms with Crippen molar-refractivity contribution in [2.45, 2.75) is 0 Å². The van der Waals surface area contributed by atoms with Crippen LogP contribution in [0.5, 0.6) is 0 Å². The first-order valence-corrected chi connectivity index (χ1v) is 0. The molecule has 0 rings (SSSR count). The molecule has 0 fully saturated rings. The first-order chi connectivity index (χ1) is 0. The van der Waals surface area contributed by atoms with Crippen molar-refractivity contribution in [3.8, 4) is 0 Å². The number of hydrogen-bond donors (Lipinski definition) is 0. The van der Waals surface area contributed by atoms with E-state index in [2.05, 4.69) is 0 Å². The molecular weight excluding hydrogens is 174 g/mol. The van der Waals surface area contributed by atoms with E-state index in [1.165, 1.54) is 0 Å². The predicted octanol–water partition coefficient (Wildman–Crippen LogP) is -7.42. The molecule has 5 heavy (non-hydrogen) atoms. The van der Waals surface area contributed by atoms with Gasteiger partial charge in [0, 0.05) is 21.1 Å². The van der Waals surface area contributed by atoms with Gasteiger partial charge in [0.05, 0.1) is 0 Å². The summed E-state index contributed by atoms with van der Waals surface area (Å²) >= 11 is 0. The summed E-state index contributed by atoms with van der Waals surface area (Å²) in [5, 5.41) is 0. The second kappa shape index (κ2) is 30.6. The molecule has 5 heteroatoms. The van der Waals surface area contributed by atoms with E-state index in [0.29, 0.717) is 0 Å². The Morgan fingerprint density at radius 2 is 0.800 bits per heavy atom. The summed E-state index contributed by atoms with van der Waals surface area (Å²) in [6.07, 6.45) is 0. The van der Waals surface area contributed by atoms with E-state index in [1.807, 2.05) is 0 Å². The maximum Gasteiger partial charge on any atom is 1.00 e. The van der Waals surface area contributed by atoms with E-state index >= 15 is 0 Å². The molecule has 0 aliphatic rings. The van der Waals surface area contributed by atoms with Gasteiger partial charge in [0.2, 0.25) is 0 Å². The van der Waals surface area contributed by atoms with Gasteiger partial charge in [-0.15, -0.1) is 0 Å². The Kier molecular flexibility index (Phi) is 298. The molecule has 0 bridgehead atoms. The standard InChI is InChI=1S/Mo.2Na.2H2O.2H/h;;;2*1H2;;/q;2*+1;;;2*-1. The van der Waals surface area contributed by atoms with Gasteiger partial charge < -0.3 is 13.8 Å². The average Bonchev–Trinajstić information content (AvgIpc) is 0. The molecule has 0 saturated heterocycles. The maximum atomic E-state index is 0. The number of hydrogen-bond acceptors (Lipinski definition) is 0. The quantitative estimate of drug-likeness (QED) is 0.332. The minimum atomic E-state index is 0. The molecule has 4 N–H and O–H groups in total. The maximum absolute atomic E-state index is 0. The minimum Gasteiger partial charge on any atom is -1.00 e. The van der Waals surface area contributed by atoms with Crippen molar-refractivity contribution in [2.75, 3.05) is 0 Å². The Morgan fingerprint density at radius 3 is 0.800 bits per heavy atom. The molecular formula is H6MoNa2O2. The molecule has 0 aromatic rings. The molecule has 0 heterocycles. The second-order valence-electron chi connectivity index (χ2n) is 0. The predicted molar refractivity (Wildman–Crippen MR) is 9.45 cm³/mol. The summed E-state index contributed by atoms with van der Waals surface area (Å²) in [7, 11) is 0. The zero-order chi connectivity index (χ0) is 0. The van der Waals surface area contributed by atoms with Crippen LogP contribution in [0.3, 0.4) is 0 Å². The molecule has 0 atom stereocenters. The third-order valence-electron chi connectivity index (χ3n) is 0.